The highest BCUT2D eigenvalue weighted by molar-refractivity contribution is 6.22. The zero-order chi connectivity index (χ0) is 21.5. The highest BCUT2D eigenvalue weighted by Crippen LogP contribution is 2.56. The molecule has 1 heterocycles. The molecule has 3 aliphatic rings. The molecule has 3 heteroatoms. The Morgan fingerprint density at radius 2 is 2.00 bits per heavy atom. The molecule has 0 bridgehead atoms. The van der Waals surface area contributed by atoms with E-state index >= 15 is 0 Å². The van der Waals surface area contributed by atoms with Crippen molar-refractivity contribution in [3.8, 4) is 0 Å². The Labute approximate surface area is 176 Å². The quantitative estimate of drug-likeness (QED) is 0.486. The number of allylic oxidation sites excluding steroid dienone is 6. The first-order valence-electron chi connectivity index (χ1n) is 11.2. The minimum absolute atomic E-state index is 0.0266. The number of hydrogen-bond donors (Lipinski definition) is 1. The number of hydrogen-bond acceptors (Lipinski definition) is 2. The fourth-order valence-electron chi connectivity index (χ4n) is 6.10. The van der Waals surface area contributed by atoms with Crippen molar-refractivity contribution in [2.24, 2.45) is 35.0 Å². The lowest BCUT2D eigenvalue weighted by atomic mass is 9.52. The maximum absolute atomic E-state index is 13.9. The van der Waals surface area contributed by atoms with E-state index in [1.54, 1.807) is 6.08 Å². The Hall–Kier alpha value is -1.90. The second-order valence-electron chi connectivity index (χ2n) is 10.2. The van der Waals surface area contributed by atoms with Crippen molar-refractivity contribution >= 4 is 11.7 Å². The fraction of sp³-hybridized carbons (Fsp3) is 0.615. The van der Waals surface area contributed by atoms with Gasteiger partial charge >= 0.3 is 0 Å². The van der Waals surface area contributed by atoms with E-state index in [2.05, 4.69) is 59.0 Å². The Balaban J connectivity index is 2.07. The number of fused-ring (bicyclic) bond motifs is 1. The summed E-state index contributed by atoms with van der Waals surface area (Å²) in [4.78, 5) is 26.6. The molecule has 0 aromatic carbocycles. The van der Waals surface area contributed by atoms with Crippen LogP contribution in [0, 0.1) is 35.0 Å². The normalized spacial score (nSPS) is 36.6. The minimum atomic E-state index is -0.239. The number of ketones is 1. The molecule has 0 spiro atoms. The third-order valence-corrected chi connectivity index (χ3v) is 7.28. The molecule has 5 atom stereocenters. The summed E-state index contributed by atoms with van der Waals surface area (Å²) in [6.45, 7) is 15.1. The largest absolute Gasteiger partial charge is 0.322 e. The number of Topliss-reactive ketones (excluding diaryl/α,β-unsaturated/α-hetero) is 1. The third kappa shape index (κ3) is 4.06. The number of amides is 1. The summed E-state index contributed by atoms with van der Waals surface area (Å²) < 4.78 is 0. The molecule has 0 aromatic rings. The maximum atomic E-state index is 13.9. The van der Waals surface area contributed by atoms with Crippen LogP contribution in [-0.2, 0) is 9.59 Å². The summed E-state index contributed by atoms with van der Waals surface area (Å²) in [5.41, 5.74) is 3.64. The Bertz CT molecular complexity index is 826. The van der Waals surface area contributed by atoms with Crippen molar-refractivity contribution in [3.05, 3.63) is 46.7 Å². The molecule has 29 heavy (non-hydrogen) atoms. The topological polar surface area (TPSA) is 46.2 Å². The monoisotopic (exact) mass is 395 g/mol. The molecule has 1 N–H and O–H groups in total. The zero-order valence-electron chi connectivity index (χ0n) is 19.1. The van der Waals surface area contributed by atoms with E-state index < -0.39 is 0 Å². The summed E-state index contributed by atoms with van der Waals surface area (Å²) in [5.74, 6) is 0.981. The van der Waals surface area contributed by atoms with Crippen LogP contribution in [0.2, 0.25) is 0 Å². The molecule has 0 saturated heterocycles. The SMILES string of the molecule is CC=C(C)C1C(C)=CC2(C)CC(C)CCC2C1C(=O)C1=CC(=CC(C)C)NC1=O. The first-order chi connectivity index (χ1) is 13.6. The van der Waals surface area contributed by atoms with Gasteiger partial charge in [-0.15, -0.1) is 0 Å². The van der Waals surface area contributed by atoms with E-state index in [0.29, 0.717) is 17.4 Å². The number of rotatable bonds is 4. The summed E-state index contributed by atoms with van der Waals surface area (Å²) >= 11 is 0. The third-order valence-electron chi connectivity index (χ3n) is 7.28. The zero-order valence-corrected chi connectivity index (χ0v) is 19.1. The molecule has 5 unspecified atom stereocenters. The first-order valence-corrected chi connectivity index (χ1v) is 11.2. The molecule has 0 radical (unpaired) electrons. The molecular weight excluding hydrogens is 358 g/mol. The molecule has 1 aliphatic heterocycles. The molecule has 3 nitrogen and oxygen atoms in total. The molecule has 1 fully saturated rings. The van der Waals surface area contributed by atoms with Crippen molar-refractivity contribution < 1.29 is 9.59 Å². The van der Waals surface area contributed by atoms with Crippen molar-refractivity contribution in [1.82, 2.24) is 5.32 Å². The van der Waals surface area contributed by atoms with Crippen LogP contribution in [0.5, 0.6) is 0 Å². The average Bonchev–Trinajstić information content (AvgIpc) is 2.97. The lowest BCUT2D eigenvalue weighted by Gasteiger charge is -2.52. The van der Waals surface area contributed by atoms with E-state index in [9.17, 15) is 9.59 Å². The average molecular weight is 396 g/mol. The summed E-state index contributed by atoms with van der Waals surface area (Å²) in [6, 6.07) is 0. The maximum Gasteiger partial charge on any atom is 0.259 e. The van der Waals surface area contributed by atoms with Crippen LogP contribution in [0.3, 0.4) is 0 Å². The Morgan fingerprint density at radius 1 is 1.31 bits per heavy atom. The van der Waals surface area contributed by atoms with Gasteiger partial charge in [0.1, 0.15) is 0 Å². The second-order valence-corrected chi connectivity index (χ2v) is 10.2. The van der Waals surface area contributed by atoms with Gasteiger partial charge in [-0.25, -0.2) is 0 Å². The summed E-state index contributed by atoms with van der Waals surface area (Å²) in [6.07, 6.45) is 11.7. The van der Waals surface area contributed by atoms with Crippen LogP contribution in [0.15, 0.2) is 46.7 Å². The first kappa shape index (κ1) is 21.8. The van der Waals surface area contributed by atoms with E-state index in [4.69, 9.17) is 0 Å². The Kier molecular flexibility index (Phi) is 6.08. The number of carbonyl (C=O) groups is 2. The molecule has 1 saturated carbocycles. The van der Waals surface area contributed by atoms with Gasteiger partial charge in [0.25, 0.3) is 5.91 Å². The van der Waals surface area contributed by atoms with Crippen LogP contribution < -0.4 is 5.32 Å². The van der Waals surface area contributed by atoms with E-state index in [1.165, 1.54) is 11.1 Å². The van der Waals surface area contributed by atoms with Gasteiger partial charge in [-0.3, -0.25) is 9.59 Å². The van der Waals surface area contributed by atoms with Crippen molar-refractivity contribution in [2.45, 2.75) is 67.7 Å². The lowest BCUT2D eigenvalue weighted by molar-refractivity contribution is -0.128. The fourth-order valence-corrected chi connectivity index (χ4v) is 6.10. The molecule has 2 aliphatic carbocycles. The van der Waals surface area contributed by atoms with Crippen LogP contribution in [0.1, 0.15) is 67.7 Å². The Morgan fingerprint density at radius 3 is 2.62 bits per heavy atom. The standard InChI is InChI=1S/C26H37NO2/c1-8-17(5)22-18(6)14-26(7)13-16(4)9-10-21(26)23(22)24(28)20-12-19(11-15(2)3)27-25(20)29/h8,11-12,14-16,21-23H,9-10,13H2,1-7H3,(H,27,29). The van der Waals surface area contributed by atoms with Crippen LogP contribution in [0.25, 0.3) is 0 Å². The highest BCUT2D eigenvalue weighted by Gasteiger charge is 2.51. The lowest BCUT2D eigenvalue weighted by Crippen LogP contribution is -2.48. The molecular formula is C26H37NO2. The van der Waals surface area contributed by atoms with Gasteiger partial charge in [-0.05, 0) is 62.9 Å². The predicted octanol–water partition coefficient (Wildman–Crippen LogP) is 5.75. The second kappa shape index (κ2) is 8.08. The van der Waals surface area contributed by atoms with Crippen LogP contribution in [-0.4, -0.2) is 11.7 Å². The molecule has 3 rings (SSSR count). The van der Waals surface area contributed by atoms with Crippen molar-refractivity contribution in [2.75, 3.05) is 0 Å². The molecule has 1 amide bonds. The highest BCUT2D eigenvalue weighted by atomic mass is 16.2. The van der Waals surface area contributed by atoms with Gasteiger partial charge in [0.15, 0.2) is 5.78 Å². The van der Waals surface area contributed by atoms with Crippen LogP contribution >= 0.6 is 0 Å². The molecule has 158 valence electrons. The van der Waals surface area contributed by atoms with E-state index in [-0.39, 0.29) is 34.9 Å². The summed E-state index contributed by atoms with van der Waals surface area (Å²) in [5, 5.41) is 2.89. The minimum Gasteiger partial charge on any atom is -0.322 e. The smallest absolute Gasteiger partial charge is 0.259 e. The number of nitrogens with one attached hydrogen (secondary N) is 1. The van der Waals surface area contributed by atoms with E-state index in [1.807, 2.05) is 13.0 Å². The van der Waals surface area contributed by atoms with Gasteiger partial charge in [0.2, 0.25) is 0 Å². The van der Waals surface area contributed by atoms with Gasteiger partial charge < -0.3 is 5.32 Å². The number of carbonyl (C=O) groups excluding carboxylic acids is 2. The van der Waals surface area contributed by atoms with Gasteiger partial charge in [-0.1, -0.05) is 63.5 Å². The predicted molar refractivity (Wildman–Crippen MR) is 119 cm³/mol. The van der Waals surface area contributed by atoms with Gasteiger partial charge in [-0.2, -0.15) is 0 Å². The van der Waals surface area contributed by atoms with Gasteiger partial charge in [0.05, 0.1) is 5.57 Å². The van der Waals surface area contributed by atoms with Crippen molar-refractivity contribution in [3.63, 3.8) is 0 Å². The van der Waals surface area contributed by atoms with E-state index in [0.717, 1.165) is 25.0 Å². The molecule has 0 aromatic heterocycles. The summed E-state index contributed by atoms with van der Waals surface area (Å²) in [7, 11) is 0. The van der Waals surface area contributed by atoms with Crippen LogP contribution in [0.4, 0.5) is 0 Å². The van der Waals surface area contributed by atoms with Gasteiger partial charge in [0, 0.05) is 17.5 Å². The van der Waals surface area contributed by atoms with Crippen molar-refractivity contribution in [1.29, 1.82) is 0 Å².